The standard InChI is InChI=1S/C9H14BrN3O2/c1-3-11-4-5-15-9-12-6-7(10)8(13-9)14-2/h6,11H,3-5H2,1-2H3. The number of likely N-dealkylation sites (N-methyl/N-ethyl adjacent to an activating group) is 1. The minimum Gasteiger partial charge on any atom is -0.480 e. The molecule has 0 fully saturated rings. The number of aromatic nitrogens is 2. The Morgan fingerprint density at radius 1 is 1.53 bits per heavy atom. The number of hydrogen-bond acceptors (Lipinski definition) is 5. The molecule has 0 radical (unpaired) electrons. The molecule has 0 bridgehead atoms. The van der Waals surface area contributed by atoms with Gasteiger partial charge in [-0.2, -0.15) is 4.98 Å². The van der Waals surface area contributed by atoms with E-state index in [9.17, 15) is 0 Å². The number of nitrogens with zero attached hydrogens (tertiary/aromatic N) is 2. The number of methoxy groups -OCH3 is 1. The second-order valence-corrected chi connectivity index (χ2v) is 3.57. The Hall–Kier alpha value is -0.880. The largest absolute Gasteiger partial charge is 0.480 e. The van der Waals surface area contributed by atoms with Gasteiger partial charge in [0.1, 0.15) is 6.61 Å². The van der Waals surface area contributed by atoms with Crippen LogP contribution in [0.3, 0.4) is 0 Å². The van der Waals surface area contributed by atoms with Crippen LogP contribution in [0.25, 0.3) is 0 Å². The molecule has 1 aromatic rings. The lowest BCUT2D eigenvalue weighted by atomic mass is 10.6. The zero-order valence-corrected chi connectivity index (χ0v) is 10.4. The molecule has 15 heavy (non-hydrogen) atoms. The zero-order valence-electron chi connectivity index (χ0n) is 8.79. The van der Waals surface area contributed by atoms with Gasteiger partial charge in [-0.05, 0) is 22.5 Å². The van der Waals surface area contributed by atoms with Gasteiger partial charge in [-0.15, -0.1) is 0 Å². The number of ether oxygens (including phenoxy) is 2. The first-order valence-electron chi connectivity index (χ1n) is 4.68. The van der Waals surface area contributed by atoms with Gasteiger partial charge in [0.2, 0.25) is 5.88 Å². The minimum absolute atomic E-state index is 0.327. The monoisotopic (exact) mass is 275 g/mol. The van der Waals surface area contributed by atoms with Crippen molar-refractivity contribution in [2.24, 2.45) is 0 Å². The van der Waals surface area contributed by atoms with Crippen molar-refractivity contribution < 1.29 is 9.47 Å². The molecule has 84 valence electrons. The highest BCUT2D eigenvalue weighted by atomic mass is 79.9. The summed E-state index contributed by atoms with van der Waals surface area (Å²) in [7, 11) is 1.55. The topological polar surface area (TPSA) is 56.3 Å². The van der Waals surface area contributed by atoms with E-state index >= 15 is 0 Å². The third-order valence-electron chi connectivity index (χ3n) is 1.64. The zero-order chi connectivity index (χ0) is 11.1. The lowest BCUT2D eigenvalue weighted by Gasteiger charge is -2.06. The highest BCUT2D eigenvalue weighted by Gasteiger charge is 2.05. The van der Waals surface area contributed by atoms with Crippen LogP contribution in [-0.2, 0) is 0 Å². The van der Waals surface area contributed by atoms with Crippen molar-refractivity contribution in [1.29, 1.82) is 0 Å². The molecule has 1 rings (SSSR count). The molecule has 0 aliphatic rings. The molecule has 0 amide bonds. The van der Waals surface area contributed by atoms with Crippen molar-refractivity contribution in [2.45, 2.75) is 6.92 Å². The summed E-state index contributed by atoms with van der Waals surface area (Å²) in [6.45, 7) is 4.28. The van der Waals surface area contributed by atoms with E-state index in [0.29, 0.717) is 23.0 Å². The van der Waals surface area contributed by atoms with Gasteiger partial charge in [0.15, 0.2) is 0 Å². The number of halogens is 1. The van der Waals surface area contributed by atoms with Crippen molar-refractivity contribution in [2.75, 3.05) is 26.8 Å². The van der Waals surface area contributed by atoms with E-state index in [2.05, 4.69) is 31.2 Å². The van der Waals surface area contributed by atoms with Gasteiger partial charge in [0.25, 0.3) is 0 Å². The molecule has 0 atom stereocenters. The van der Waals surface area contributed by atoms with E-state index in [0.717, 1.165) is 13.1 Å². The molecular weight excluding hydrogens is 262 g/mol. The molecule has 0 aromatic carbocycles. The minimum atomic E-state index is 0.327. The maximum absolute atomic E-state index is 5.32. The van der Waals surface area contributed by atoms with Crippen LogP contribution in [0.2, 0.25) is 0 Å². The summed E-state index contributed by atoms with van der Waals surface area (Å²) < 4.78 is 11.1. The second kappa shape index (κ2) is 6.58. The summed E-state index contributed by atoms with van der Waals surface area (Å²) in [5.41, 5.74) is 0. The van der Waals surface area contributed by atoms with Crippen LogP contribution in [0.5, 0.6) is 11.9 Å². The van der Waals surface area contributed by atoms with E-state index in [1.165, 1.54) is 0 Å². The average molecular weight is 276 g/mol. The molecule has 0 saturated carbocycles. The van der Waals surface area contributed by atoms with Gasteiger partial charge in [-0.25, -0.2) is 4.98 Å². The normalized spacial score (nSPS) is 10.1. The van der Waals surface area contributed by atoms with Gasteiger partial charge in [-0.3, -0.25) is 0 Å². The van der Waals surface area contributed by atoms with Crippen LogP contribution in [0.4, 0.5) is 0 Å². The quantitative estimate of drug-likeness (QED) is 0.792. The predicted octanol–water partition coefficient (Wildman–Crippen LogP) is 1.24. The van der Waals surface area contributed by atoms with Crippen molar-refractivity contribution in [3.8, 4) is 11.9 Å². The SMILES string of the molecule is CCNCCOc1ncc(Br)c(OC)n1. The Balaban J connectivity index is 2.47. The van der Waals surface area contributed by atoms with Crippen LogP contribution in [0.1, 0.15) is 6.92 Å². The van der Waals surface area contributed by atoms with Gasteiger partial charge in [-0.1, -0.05) is 6.92 Å². The molecule has 0 aliphatic heterocycles. The third kappa shape index (κ3) is 4.01. The highest BCUT2D eigenvalue weighted by Crippen LogP contribution is 2.22. The average Bonchev–Trinajstić information content (AvgIpc) is 2.26. The Labute approximate surface area is 97.3 Å². The van der Waals surface area contributed by atoms with Gasteiger partial charge in [0, 0.05) is 6.54 Å². The van der Waals surface area contributed by atoms with E-state index in [4.69, 9.17) is 9.47 Å². The lowest BCUT2D eigenvalue weighted by Crippen LogP contribution is -2.20. The molecule has 5 nitrogen and oxygen atoms in total. The highest BCUT2D eigenvalue weighted by molar-refractivity contribution is 9.10. The fourth-order valence-electron chi connectivity index (χ4n) is 0.940. The van der Waals surface area contributed by atoms with Crippen LogP contribution in [0.15, 0.2) is 10.7 Å². The fraction of sp³-hybridized carbons (Fsp3) is 0.556. The van der Waals surface area contributed by atoms with Crippen LogP contribution in [-0.4, -0.2) is 36.8 Å². The van der Waals surface area contributed by atoms with Crippen molar-refractivity contribution in [1.82, 2.24) is 15.3 Å². The van der Waals surface area contributed by atoms with E-state index in [1.54, 1.807) is 13.3 Å². The van der Waals surface area contributed by atoms with Gasteiger partial charge in [0.05, 0.1) is 17.8 Å². The predicted molar refractivity (Wildman–Crippen MR) is 60.3 cm³/mol. The number of hydrogen-bond donors (Lipinski definition) is 1. The summed E-state index contributed by atoms with van der Waals surface area (Å²) >= 11 is 3.27. The molecule has 0 saturated heterocycles. The van der Waals surface area contributed by atoms with Crippen molar-refractivity contribution in [3.05, 3.63) is 10.7 Å². The maximum atomic E-state index is 5.32. The Bertz CT molecular complexity index is 309. The smallest absolute Gasteiger partial charge is 0.319 e. The first-order chi connectivity index (χ1) is 7.27. The van der Waals surface area contributed by atoms with E-state index in [-0.39, 0.29) is 0 Å². The molecule has 1 aromatic heterocycles. The summed E-state index contributed by atoms with van der Waals surface area (Å²) in [4.78, 5) is 8.05. The first-order valence-corrected chi connectivity index (χ1v) is 5.47. The fourth-order valence-corrected chi connectivity index (χ4v) is 1.29. The summed E-state index contributed by atoms with van der Waals surface area (Å²) in [5.74, 6) is 0.475. The molecule has 0 spiro atoms. The number of rotatable bonds is 6. The van der Waals surface area contributed by atoms with Gasteiger partial charge < -0.3 is 14.8 Å². The van der Waals surface area contributed by atoms with Crippen molar-refractivity contribution >= 4 is 15.9 Å². The molecule has 6 heteroatoms. The molecule has 0 unspecified atom stereocenters. The molecular formula is C9H14BrN3O2. The van der Waals surface area contributed by atoms with Crippen molar-refractivity contribution in [3.63, 3.8) is 0 Å². The number of nitrogens with one attached hydrogen (secondary N) is 1. The lowest BCUT2D eigenvalue weighted by molar-refractivity contribution is 0.283. The van der Waals surface area contributed by atoms with E-state index < -0.39 is 0 Å². The van der Waals surface area contributed by atoms with Crippen LogP contribution < -0.4 is 14.8 Å². The van der Waals surface area contributed by atoms with Crippen LogP contribution >= 0.6 is 15.9 Å². The Kier molecular flexibility index (Phi) is 5.34. The Morgan fingerprint density at radius 3 is 3.00 bits per heavy atom. The van der Waals surface area contributed by atoms with Crippen LogP contribution in [0, 0.1) is 0 Å². The first kappa shape index (κ1) is 12.2. The van der Waals surface area contributed by atoms with Gasteiger partial charge >= 0.3 is 6.01 Å². The summed E-state index contributed by atoms with van der Waals surface area (Å²) in [6, 6.07) is 0.327. The second-order valence-electron chi connectivity index (χ2n) is 2.71. The molecule has 1 N–H and O–H groups in total. The summed E-state index contributed by atoms with van der Waals surface area (Å²) in [5, 5.41) is 3.14. The Morgan fingerprint density at radius 2 is 2.33 bits per heavy atom. The molecule has 0 aliphatic carbocycles. The molecule has 1 heterocycles. The van der Waals surface area contributed by atoms with E-state index in [1.807, 2.05) is 6.92 Å². The summed E-state index contributed by atoms with van der Waals surface area (Å²) in [6.07, 6.45) is 1.61. The maximum Gasteiger partial charge on any atom is 0.319 e. The third-order valence-corrected chi connectivity index (χ3v) is 2.19.